The zero-order valence-electron chi connectivity index (χ0n) is 39.1. The number of carboxylic acid groups (broad SMARTS) is 1. The minimum atomic E-state index is -1.42. The molecule has 7 amide bonds. The van der Waals surface area contributed by atoms with E-state index in [1.54, 1.807) is 50.4 Å². The van der Waals surface area contributed by atoms with Gasteiger partial charge in [-0.05, 0) is 67.1 Å². The monoisotopic (exact) mass is 1000 g/mol. The summed E-state index contributed by atoms with van der Waals surface area (Å²) in [4.78, 5) is 115. The summed E-state index contributed by atoms with van der Waals surface area (Å²) in [7, 11) is 2.06. The van der Waals surface area contributed by atoms with Gasteiger partial charge in [-0.2, -0.15) is 0 Å². The summed E-state index contributed by atoms with van der Waals surface area (Å²) in [5.74, 6) is -7.75. The number of amides is 7. The molecule has 1 aromatic heterocycles. The summed E-state index contributed by atoms with van der Waals surface area (Å²) in [6.07, 6.45) is 1.68. The fourth-order valence-corrected chi connectivity index (χ4v) is 9.81. The van der Waals surface area contributed by atoms with E-state index in [2.05, 4.69) is 42.2 Å². The van der Waals surface area contributed by atoms with Gasteiger partial charge in [0.1, 0.15) is 48.0 Å². The number of nitrogens with one attached hydrogen (secondary N) is 8. The van der Waals surface area contributed by atoms with E-state index in [-0.39, 0.29) is 55.9 Å². The average molecular weight is 1000 g/mol. The van der Waals surface area contributed by atoms with Crippen molar-refractivity contribution in [1.29, 1.82) is 0 Å². The molecule has 1 unspecified atom stereocenters. The number of carbonyl (C=O) groups is 8. The molecule has 0 saturated carbocycles. The third kappa shape index (κ3) is 16.0. The van der Waals surface area contributed by atoms with E-state index in [0.717, 1.165) is 32.5 Å². The molecule has 4 aromatic rings. The van der Waals surface area contributed by atoms with Crippen molar-refractivity contribution in [2.75, 3.05) is 18.1 Å². The number of para-hydroxylation sites is 1. The average Bonchev–Trinajstić information content (AvgIpc) is 3.74. The van der Waals surface area contributed by atoms with E-state index < -0.39 is 102 Å². The zero-order valence-corrected chi connectivity index (χ0v) is 40.7. The molecular weight excluding hydrogens is 941 g/mol. The SMILES string of the molecule is CC(C)[C@H](NC(=O)[C@@H]1CSSCC(NC(=O)[C@H](C)N)C(=O)N[C@@H](Cc2ccccc2)C(=O)N[C@@H](Cc2c[nH]c3ccccc23)C(=O)N[C@@H](CCCN)C(=O)N[C@@H](Cc2ccc(O)cc2)C(=O)N1)C(=O)O. The lowest BCUT2D eigenvalue weighted by Crippen LogP contribution is -2.61. The van der Waals surface area contributed by atoms with Crippen LogP contribution in [0.4, 0.5) is 0 Å². The fraction of sp³-hybridized carbons (Fsp3) is 0.417. The van der Waals surface area contributed by atoms with Crippen molar-refractivity contribution >= 4 is 79.8 Å². The number of nitrogens with two attached hydrogens (primary N) is 2. The Hall–Kier alpha value is -6.62. The topological polar surface area (TPSA) is 329 Å². The van der Waals surface area contributed by atoms with Crippen molar-refractivity contribution in [2.24, 2.45) is 17.4 Å². The highest BCUT2D eigenvalue weighted by molar-refractivity contribution is 8.76. The minimum absolute atomic E-state index is 0.00125. The second kappa shape index (κ2) is 26.4. The number of carboxylic acids is 1. The van der Waals surface area contributed by atoms with Crippen LogP contribution in [0.2, 0.25) is 0 Å². The molecule has 0 radical (unpaired) electrons. The van der Waals surface area contributed by atoms with Gasteiger partial charge < -0.3 is 63.9 Å². The van der Waals surface area contributed by atoms with Crippen LogP contribution >= 0.6 is 21.6 Å². The first-order valence-corrected chi connectivity index (χ1v) is 25.3. The summed E-state index contributed by atoms with van der Waals surface area (Å²) in [5.41, 5.74) is 14.4. The molecule has 3 aromatic carbocycles. The fourth-order valence-electron chi connectivity index (χ4n) is 7.49. The van der Waals surface area contributed by atoms with Crippen molar-refractivity contribution in [1.82, 2.24) is 42.2 Å². The first-order chi connectivity index (χ1) is 33.4. The molecule has 22 heteroatoms. The molecule has 0 aliphatic carbocycles. The first kappa shape index (κ1) is 54.3. The number of aromatic amines is 1. The highest BCUT2D eigenvalue weighted by atomic mass is 33.1. The molecule has 1 saturated heterocycles. The summed E-state index contributed by atoms with van der Waals surface area (Å²) >= 11 is 0. The van der Waals surface area contributed by atoms with E-state index in [4.69, 9.17) is 11.5 Å². The van der Waals surface area contributed by atoms with E-state index >= 15 is 0 Å². The maximum absolute atomic E-state index is 14.7. The summed E-state index contributed by atoms with van der Waals surface area (Å²) in [5, 5.41) is 39.6. The number of H-pyrrole nitrogens is 1. The Bertz CT molecular complexity index is 2460. The van der Waals surface area contributed by atoms with Gasteiger partial charge in [0.2, 0.25) is 41.4 Å². The number of hydrogen-bond acceptors (Lipinski definition) is 13. The number of phenols is 1. The number of rotatable bonds is 15. The maximum atomic E-state index is 14.7. The summed E-state index contributed by atoms with van der Waals surface area (Å²) < 4.78 is 0. The molecule has 376 valence electrons. The van der Waals surface area contributed by atoms with Crippen LogP contribution in [-0.4, -0.2) is 129 Å². The van der Waals surface area contributed by atoms with Crippen LogP contribution in [0.25, 0.3) is 10.9 Å². The molecular formula is C48H62N10O10S2. The third-order valence-electron chi connectivity index (χ3n) is 11.4. The number of phenolic OH excluding ortho intramolecular Hbond substituents is 1. The van der Waals surface area contributed by atoms with E-state index in [1.165, 1.54) is 31.2 Å². The van der Waals surface area contributed by atoms with Gasteiger partial charge in [0, 0.05) is 47.9 Å². The smallest absolute Gasteiger partial charge is 0.326 e. The molecule has 1 aliphatic rings. The van der Waals surface area contributed by atoms with Gasteiger partial charge in [0.05, 0.1) is 6.04 Å². The molecule has 20 nitrogen and oxygen atoms in total. The van der Waals surface area contributed by atoms with Crippen molar-refractivity contribution in [3.63, 3.8) is 0 Å². The van der Waals surface area contributed by atoms with E-state index in [9.17, 15) is 48.6 Å². The van der Waals surface area contributed by atoms with Crippen LogP contribution in [-0.2, 0) is 57.6 Å². The van der Waals surface area contributed by atoms with Gasteiger partial charge in [0.25, 0.3) is 0 Å². The predicted molar refractivity (Wildman–Crippen MR) is 267 cm³/mol. The lowest BCUT2D eigenvalue weighted by Gasteiger charge is -2.29. The standard InChI is InChI=1S/C48H62N10O10S2/c1-26(2)40(48(67)68)58-47(66)39-25-70-69-24-38(56-41(60)27(3)50)46(65)54-35(20-28-10-5-4-6-11-28)43(62)55-37(22-30-23-51-33-13-8-7-12-32(30)33)45(64)52-34(14-9-19-49)42(61)53-36(44(63)57-39)21-29-15-17-31(59)18-16-29/h4-8,10-13,15-18,23,26-27,34-40,51,59H,9,14,19-22,24-25,49-50H2,1-3H3,(H,52,64)(H,53,61)(H,54,65)(H,55,62)(H,56,60)(H,57,63)(H,58,66)(H,67,68)/t27-,34-,35-,36-,37-,38?,39-,40-/m0/s1. The number of aromatic nitrogens is 1. The Balaban J connectivity index is 1.60. The number of fused-ring (bicyclic) bond motifs is 1. The Labute approximate surface area is 413 Å². The van der Waals surface area contributed by atoms with Gasteiger partial charge in [-0.3, -0.25) is 33.6 Å². The van der Waals surface area contributed by atoms with Crippen molar-refractivity contribution < 1.29 is 48.6 Å². The highest BCUT2D eigenvalue weighted by Gasteiger charge is 2.36. The first-order valence-electron chi connectivity index (χ1n) is 22.9. The molecule has 2 heterocycles. The number of aromatic hydroxyl groups is 1. The molecule has 70 heavy (non-hydrogen) atoms. The van der Waals surface area contributed by atoms with Crippen LogP contribution in [0.5, 0.6) is 5.75 Å². The van der Waals surface area contributed by atoms with Gasteiger partial charge in [-0.15, -0.1) is 0 Å². The van der Waals surface area contributed by atoms with Crippen molar-refractivity contribution in [3.05, 3.63) is 102 Å². The van der Waals surface area contributed by atoms with Crippen LogP contribution in [0.1, 0.15) is 50.3 Å². The van der Waals surface area contributed by atoms with Crippen LogP contribution < -0.4 is 48.7 Å². The van der Waals surface area contributed by atoms with Crippen LogP contribution in [0.3, 0.4) is 0 Å². The van der Waals surface area contributed by atoms with E-state index in [0.29, 0.717) is 16.7 Å². The molecule has 1 aliphatic heterocycles. The Morgan fingerprint density at radius 3 is 1.86 bits per heavy atom. The Morgan fingerprint density at radius 1 is 0.700 bits per heavy atom. The lowest BCUT2D eigenvalue weighted by molar-refractivity contribution is -0.143. The number of hydrogen-bond donors (Lipinski definition) is 12. The van der Waals surface area contributed by atoms with Gasteiger partial charge in [0.15, 0.2) is 0 Å². The molecule has 1 fully saturated rings. The molecule has 8 atom stereocenters. The van der Waals surface area contributed by atoms with Crippen LogP contribution in [0, 0.1) is 5.92 Å². The number of carbonyl (C=O) groups excluding carboxylic acids is 7. The Morgan fingerprint density at radius 2 is 1.24 bits per heavy atom. The molecule has 0 spiro atoms. The normalized spacial score (nSPS) is 22.1. The number of benzene rings is 3. The largest absolute Gasteiger partial charge is 0.508 e. The van der Waals surface area contributed by atoms with Crippen LogP contribution in [0.15, 0.2) is 85.1 Å². The Kier molecular flexibility index (Phi) is 20.5. The number of aliphatic carboxylic acids is 1. The van der Waals surface area contributed by atoms with Gasteiger partial charge in [-0.25, -0.2) is 4.79 Å². The third-order valence-corrected chi connectivity index (χ3v) is 13.9. The summed E-state index contributed by atoms with van der Waals surface area (Å²) in [6, 6.07) is 11.6. The summed E-state index contributed by atoms with van der Waals surface area (Å²) in [6.45, 7) is 4.75. The predicted octanol–water partition coefficient (Wildman–Crippen LogP) is 0.517. The highest BCUT2D eigenvalue weighted by Crippen LogP contribution is 2.25. The molecule has 5 rings (SSSR count). The second-order valence-electron chi connectivity index (χ2n) is 17.3. The molecule has 0 bridgehead atoms. The second-order valence-corrected chi connectivity index (χ2v) is 19.9. The van der Waals surface area contributed by atoms with Gasteiger partial charge >= 0.3 is 5.97 Å². The molecule has 14 N–H and O–H groups in total. The maximum Gasteiger partial charge on any atom is 0.326 e. The van der Waals surface area contributed by atoms with Gasteiger partial charge in [-0.1, -0.05) is 96.1 Å². The lowest BCUT2D eigenvalue weighted by atomic mass is 10.0. The zero-order chi connectivity index (χ0) is 50.9. The van der Waals surface area contributed by atoms with Crippen molar-refractivity contribution in [2.45, 2.75) is 101 Å². The quantitative estimate of drug-likeness (QED) is 0.0723. The van der Waals surface area contributed by atoms with Crippen molar-refractivity contribution in [3.8, 4) is 5.75 Å². The van der Waals surface area contributed by atoms with E-state index in [1.807, 2.05) is 24.3 Å². The minimum Gasteiger partial charge on any atom is -0.508 e.